The van der Waals surface area contributed by atoms with E-state index in [0.29, 0.717) is 13.2 Å². The van der Waals surface area contributed by atoms with Crippen molar-refractivity contribution in [2.75, 3.05) is 13.2 Å². The smallest absolute Gasteiger partial charge is 0.249 e. The predicted molar refractivity (Wildman–Crippen MR) is 61.9 cm³/mol. The van der Waals surface area contributed by atoms with Crippen LogP contribution in [0.1, 0.15) is 18.9 Å². The van der Waals surface area contributed by atoms with Crippen LogP contribution >= 0.6 is 0 Å². The molecule has 1 atom stereocenters. The maximum atomic E-state index is 11.8. The molecule has 1 aromatic rings. The van der Waals surface area contributed by atoms with Crippen LogP contribution in [0.4, 0.5) is 0 Å². The molecule has 0 aromatic heterocycles. The fourth-order valence-electron chi connectivity index (χ4n) is 1.99. The summed E-state index contributed by atoms with van der Waals surface area (Å²) in [6, 6.07) is 10.3. The van der Waals surface area contributed by atoms with Crippen LogP contribution in [0.15, 0.2) is 30.3 Å². The molecule has 2 rings (SSSR count). The summed E-state index contributed by atoms with van der Waals surface area (Å²) in [7, 11) is 0. The number of hydrogen-bond donors (Lipinski definition) is 0. The van der Waals surface area contributed by atoms with Gasteiger partial charge in [0.1, 0.15) is 6.61 Å². The van der Waals surface area contributed by atoms with Crippen molar-refractivity contribution in [3.63, 3.8) is 0 Å². The quantitative estimate of drug-likeness (QED) is 0.776. The number of hydrogen-bond acceptors (Lipinski definition) is 2. The fourth-order valence-corrected chi connectivity index (χ4v) is 1.99. The van der Waals surface area contributed by atoms with Gasteiger partial charge in [0.05, 0.1) is 12.6 Å². The first-order chi connectivity index (χ1) is 7.81. The highest BCUT2D eigenvalue weighted by molar-refractivity contribution is 5.78. The Morgan fingerprint density at radius 1 is 1.38 bits per heavy atom. The number of benzene rings is 1. The molecule has 1 saturated heterocycles. The highest BCUT2D eigenvalue weighted by Gasteiger charge is 2.27. The van der Waals surface area contributed by atoms with Crippen LogP contribution in [-0.2, 0) is 16.1 Å². The third-order valence-electron chi connectivity index (χ3n) is 2.96. The van der Waals surface area contributed by atoms with E-state index in [1.165, 1.54) is 5.56 Å². The summed E-state index contributed by atoms with van der Waals surface area (Å²) in [6.07, 6.45) is 0.943. The van der Waals surface area contributed by atoms with Crippen molar-refractivity contribution >= 4 is 5.91 Å². The Kier molecular flexibility index (Phi) is 3.57. The van der Waals surface area contributed by atoms with E-state index in [-0.39, 0.29) is 18.6 Å². The van der Waals surface area contributed by atoms with Crippen LogP contribution < -0.4 is 0 Å². The highest BCUT2D eigenvalue weighted by atomic mass is 16.5. The molecule has 0 saturated carbocycles. The zero-order chi connectivity index (χ0) is 11.4. The van der Waals surface area contributed by atoms with Gasteiger partial charge in [0.2, 0.25) is 5.91 Å². The lowest BCUT2D eigenvalue weighted by atomic mass is 10.1. The molecule has 1 aromatic carbocycles. The Morgan fingerprint density at radius 3 is 2.81 bits per heavy atom. The SMILES string of the molecule is CCC1COCC(=O)N1Cc1ccccc1. The topological polar surface area (TPSA) is 29.5 Å². The van der Waals surface area contributed by atoms with E-state index in [4.69, 9.17) is 4.74 Å². The number of carbonyl (C=O) groups is 1. The van der Waals surface area contributed by atoms with E-state index < -0.39 is 0 Å². The van der Waals surface area contributed by atoms with E-state index in [1.54, 1.807) is 0 Å². The van der Waals surface area contributed by atoms with Crippen molar-refractivity contribution in [1.82, 2.24) is 4.90 Å². The Labute approximate surface area is 96.0 Å². The van der Waals surface area contributed by atoms with E-state index in [1.807, 2.05) is 23.1 Å². The van der Waals surface area contributed by atoms with Crippen LogP contribution in [-0.4, -0.2) is 30.1 Å². The summed E-state index contributed by atoms with van der Waals surface area (Å²) in [6.45, 7) is 3.67. The second-order valence-corrected chi connectivity index (χ2v) is 4.08. The normalized spacial score (nSPS) is 21.2. The number of ether oxygens (including phenoxy) is 1. The van der Waals surface area contributed by atoms with Crippen LogP contribution in [0.5, 0.6) is 0 Å². The van der Waals surface area contributed by atoms with Gasteiger partial charge in [-0.15, -0.1) is 0 Å². The third-order valence-corrected chi connectivity index (χ3v) is 2.96. The molecular formula is C13H17NO2. The number of amides is 1. The first-order valence-electron chi connectivity index (χ1n) is 5.72. The van der Waals surface area contributed by atoms with E-state index in [0.717, 1.165) is 6.42 Å². The lowest BCUT2D eigenvalue weighted by Gasteiger charge is -2.35. The molecule has 0 spiro atoms. The van der Waals surface area contributed by atoms with Crippen LogP contribution in [0.25, 0.3) is 0 Å². The van der Waals surface area contributed by atoms with E-state index in [9.17, 15) is 4.79 Å². The van der Waals surface area contributed by atoms with Gasteiger partial charge in [-0.25, -0.2) is 0 Å². The molecule has 1 unspecified atom stereocenters. The van der Waals surface area contributed by atoms with Crippen LogP contribution in [0, 0.1) is 0 Å². The number of rotatable bonds is 3. The summed E-state index contributed by atoms with van der Waals surface area (Å²) in [5, 5.41) is 0. The van der Waals surface area contributed by atoms with E-state index in [2.05, 4.69) is 19.1 Å². The van der Waals surface area contributed by atoms with Gasteiger partial charge in [-0.1, -0.05) is 37.3 Å². The zero-order valence-electron chi connectivity index (χ0n) is 9.56. The standard InChI is InChI=1S/C13H17NO2/c1-2-12-9-16-10-13(15)14(12)8-11-6-4-3-5-7-11/h3-7,12H,2,8-10H2,1H3. The predicted octanol–water partition coefficient (Wildman–Crippen LogP) is 1.82. The first kappa shape index (κ1) is 11.1. The second-order valence-electron chi connectivity index (χ2n) is 4.08. The maximum absolute atomic E-state index is 11.8. The van der Waals surface area contributed by atoms with Crippen molar-refractivity contribution in [1.29, 1.82) is 0 Å². The molecule has 86 valence electrons. The minimum Gasteiger partial charge on any atom is -0.369 e. The summed E-state index contributed by atoms with van der Waals surface area (Å²) in [5.41, 5.74) is 1.18. The Bertz CT molecular complexity index is 350. The first-order valence-corrected chi connectivity index (χ1v) is 5.72. The van der Waals surface area contributed by atoms with Crippen molar-refractivity contribution in [2.24, 2.45) is 0 Å². The average molecular weight is 219 g/mol. The van der Waals surface area contributed by atoms with Crippen molar-refractivity contribution in [2.45, 2.75) is 25.9 Å². The highest BCUT2D eigenvalue weighted by Crippen LogP contribution is 2.15. The van der Waals surface area contributed by atoms with Crippen molar-refractivity contribution in [3.8, 4) is 0 Å². The van der Waals surface area contributed by atoms with Gasteiger partial charge >= 0.3 is 0 Å². The van der Waals surface area contributed by atoms with Gasteiger partial charge in [-0.3, -0.25) is 4.79 Å². The number of nitrogens with zero attached hydrogens (tertiary/aromatic N) is 1. The fraction of sp³-hybridized carbons (Fsp3) is 0.462. The van der Waals surface area contributed by atoms with Crippen LogP contribution in [0.3, 0.4) is 0 Å². The zero-order valence-corrected chi connectivity index (χ0v) is 9.56. The van der Waals surface area contributed by atoms with E-state index >= 15 is 0 Å². The third kappa shape index (κ3) is 2.42. The lowest BCUT2D eigenvalue weighted by Crippen LogP contribution is -2.48. The Hall–Kier alpha value is -1.35. The van der Waals surface area contributed by atoms with Gasteiger partial charge in [0, 0.05) is 6.54 Å². The molecule has 0 N–H and O–H groups in total. The summed E-state index contributed by atoms with van der Waals surface area (Å²) >= 11 is 0. The monoisotopic (exact) mass is 219 g/mol. The minimum absolute atomic E-state index is 0.0990. The molecule has 1 fully saturated rings. The molecular weight excluding hydrogens is 202 g/mol. The Morgan fingerprint density at radius 2 is 2.12 bits per heavy atom. The van der Waals surface area contributed by atoms with Gasteiger partial charge in [-0.05, 0) is 12.0 Å². The van der Waals surface area contributed by atoms with Gasteiger partial charge in [0.25, 0.3) is 0 Å². The second kappa shape index (κ2) is 5.12. The number of carbonyl (C=O) groups excluding carboxylic acids is 1. The van der Waals surface area contributed by atoms with Crippen molar-refractivity contribution in [3.05, 3.63) is 35.9 Å². The summed E-state index contributed by atoms with van der Waals surface area (Å²) < 4.78 is 5.26. The molecule has 1 aliphatic rings. The molecule has 1 amide bonds. The largest absolute Gasteiger partial charge is 0.369 e. The lowest BCUT2D eigenvalue weighted by molar-refractivity contribution is -0.149. The van der Waals surface area contributed by atoms with Gasteiger partial charge in [-0.2, -0.15) is 0 Å². The molecule has 0 aliphatic carbocycles. The molecule has 3 heteroatoms. The Balaban J connectivity index is 2.08. The van der Waals surface area contributed by atoms with Crippen LogP contribution in [0.2, 0.25) is 0 Å². The summed E-state index contributed by atoms with van der Waals surface area (Å²) in [4.78, 5) is 13.7. The molecule has 3 nitrogen and oxygen atoms in total. The molecule has 1 heterocycles. The van der Waals surface area contributed by atoms with Gasteiger partial charge in [0.15, 0.2) is 0 Å². The molecule has 1 aliphatic heterocycles. The molecule has 16 heavy (non-hydrogen) atoms. The number of morpholine rings is 1. The maximum Gasteiger partial charge on any atom is 0.249 e. The molecule has 0 bridgehead atoms. The average Bonchev–Trinajstić information content (AvgIpc) is 2.33. The minimum atomic E-state index is 0.0990. The molecule has 0 radical (unpaired) electrons. The van der Waals surface area contributed by atoms with Gasteiger partial charge < -0.3 is 9.64 Å². The van der Waals surface area contributed by atoms with Crippen molar-refractivity contribution < 1.29 is 9.53 Å². The summed E-state index contributed by atoms with van der Waals surface area (Å²) in [5.74, 6) is 0.0990.